The molecule has 8 heteroatoms. The number of ether oxygens (including phenoxy) is 1. The van der Waals surface area contributed by atoms with E-state index >= 15 is 0 Å². The van der Waals surface area contributed by atoms with Crippen LogP contribution in [-0.2, 0) is 10.0 Å². The molecule has 150 valence electrons. The zero-order chi connectivity index (χ0) is 20.9. The summed E-state index contributed by atoms with van der Waals surface area (Å²) in [5.74, 6) is 0.725. The zero-order valence-corrected chi connectivity index (χ0v) is 17.6. The molecule has 0 heterocycles. The summed E-state index contributed by atoms with van der Waals surface area (Å²) >= 11 is 5.32. The van der Waals surface area contributed by atoms with Gasteiger partial charge in [0, 0.05) is 23.1 Å². The fraction of sp³-hybridized carbons (Fsp3) is 0.0952. The van der Waals surface area contributed by atoms with Gasteiger partial charge in [0.05, 0.1) is 12.0 Å². The molecule has 0 saturated heterocycles. The lowest BCUT2D eigenvalue weighted by molar-refractivity contribution is 0.415. The van der Waals surface area contributed by atoms with Crippen LogP contribution < -0.4 is 20.1 Å². The third kappa shape index (κ3) is 5.69. The summed E-state index contributed by atoms with van der Waals surface area (Å²) < 4.78 is 32.7. The smallest absolute Gasteiger partial charge is 0.261 e. The molecule has 0 fully saturated rings. The third-order valence-corrected chi connectivity index (χ3v) is 5.66. The maximum absolute atomic E-state index is 12.5. The highest BCUT2D eigenvalue weighted by molar-refractivity contribution is 7.92. The molecular weight excluding hydrogens is 406 g/mol. The van der Waals surface area contributed by atoms with Gasteiger partial charge >= 0.3 is 0 Å². The van der Waals surface area contributed by atoms with E-state index in [1.165, 1.54) is 0 Å². The highest BCUT2D eigenvalue weighted by Crippen LogP contribution is 2.20. The van der Waals surface area contributed by atoms with Gasteiger partial charge < -0.3 is 15.4 Å². The van der Waals surface area contributed by atoms with Gasteiger partial charge in [0.25, 0.3) is 10.0 Å². The van der Waals surface area contributed by atoms with Crippen molar-refractivity contribution in [1.29, 1.82) is 0 Å². The summed E-state index contributed by atoms with van der Waals surface area (Å²) in [6, 6.07) is 20.9. The monoisotopic (exact) mass is 427 g/mol. The van der Waals surface area contributed by atoms with Crippen molar-refractivity contribution in [2.75, 3.05) is 22.5 Å². The second-order valence-electron chi connectivity index (χ2n) is 6.31. The number of nitrogens with one attached hydrogen (secondary N) is 3. The molecule has 0 atom stereocenters. The summed E-state index contributed by atoms with van der Waals surface area (Å²) in [6.45, 7) is 1.91. The first-order valence-corrected chi connectivity index (χ1v) is 10.7. The maximum atomic E-state index is 12.5. The van der Waals surface area contributed by atoms with Crippen molar-refractivity contribution in [3.63, 3.8) is 0 Å². The Labute approximate surface area is 176 Å². The normalized spacial score (nSPS) is 10.8. The van der Waals surface area contributed by atoms with Crippen molar-refractivity contribution in [2.24, 2.45) is 0 Å². The van der Waals surface area contributed by atoms with E-state index in [0.29, 0.717) is 10.8 Å². The van der Waals surface area contributed by atoms with Gasteiger partial charge in [0.2, 0.25) is 0 Å². The molecule has 0 aliphatic carbocycles. The molecule has 0 amide bonds. The van der Waals surface area contributed by atoms with Crippen LogP contribution in [0, 0.1) is 6.92 Å². The second kappa shape index (κ2) is 8.93. The quantitative estimate of drug-likeness (QED) is 0.499. The van der Waals surface area contributed by atoms with Gasteiger partial charge in [-0.15, -0.1) is 0 Å². The Bertz CT molecular complexity index is 1100. The molecule has 3 N–H and O–H groups in total. The molecule has 0 saturated carbocycles. The van der Waals surface area contributed by atoms with Crippen LogP contribution in [0.4, 0.5) is 17.1 Å². The number of hydrogen-bond acceptors (Lipinski definition) is 4. The highest BCUT2D eigenvalue weighted by Gasteiger charge is 2.13. The van der Waals surface area contributed by atoms with Crippen molar-refractivity contribution in [3.05, 3.63) is 78.4 Å². The standard InChI is InChI=1S/C21H21N3O3S2/c1-15-6-12-20(13-7-15)29(25,26)24-17-10-8-16(9-11-17)22-21(28)23-18-4-3-5-19(14-18)27-2/h3-14,24H,1-2H3,(H2,22,23,28). The van der Waals surface area contributed by atoms with Gasteiger partial charge in [-0.1, -0.05) is 23.8 Å². The first kappa shape index (κ1) is 20.6. The maximum Gasteiger partial charge on any atom is 0.261 e. The molecular formula is C21H21N3O3S2. The van der Waals surface area contributed by atoms with Crippen molar-refractivity contribution in [2.45, 2.75) is 11.8 Å². The molecule has 0 aromatic heterocycles. The minimum Gasteiger partial charge on any atom is -0.497 e. The first-order chi connectivity index (χ1) is 13.9. The molecule has 0 unspecified atom stereocenters. The molecule has 6 nitrogen and oxygen atoms in total. The van der Waals surface area contributed by atoms with Crippen molar-refractivity contribution in [1.82, 2.24) is 0 Å². The van der Waals surface area contributed by atoms with Crippen molar-refractivity contribution >= 4 is 44.4 Å². The molecule has 29 heavy (non-hydrogen) atoms. The van der Waals surface area contributed by atoms with Crippen molar-refractivity contribution < 1.29 is 13.2 Å². The predicted molar refractivity (Wildman–Crippen MR) is 121 cm³/mol. The van der Waals surface area contributed by atoms with E-state index in [1.54, 1.807) is 55.6 Å². The second-order valence-corrected chi connectivity index (χ2v) is 8.40. The average molecular weight is 428 g/mol. The average Bonchev–Trinajstić information content (AvgIpc) is 2.69. The van der Waals surface area contributed by atoms with Crippen molar-refractivity contribution in [3.8, 4) is 5.75 Å². The number of methoxy groups -OCH3 is 1. The van der Waals surface area contributed by atoms with Crippen LogP contribution >= 0.6 is 12.2 Å². The van der Waals surface area contributed by atoms with E-state index in [9.17, 15) is 8.42 Å². The summed E-state index contributed by atoms with van der Waals surface area (Å²) in [7, 11) is -2.03. The summed E-state index contributed by atoms with van der Waals surface area (Å²) in [4.78, 5) is 0.217. The number of aryl methyl sites for hydroxylation is 1. The minimum absolute atomic E-state index is 0.217. The molecule has 3 rings (SSSR count). The summed E-state index contributed by atoms with van der Waals surface area (Å²) in [5.41, 5.74) is 2.98. The Morgan fingerprint density at radius 1 is 0.862 bits per heavy atom. The molecule has 0 aliphatic heterocycles. The van der Waals surface area contributed by atoms with Crippen LogP contribution in [0.15, 0.2) is 77.7 Å². The summed E-state index contributed by atoms with van der Waals surface area (Å²) in [5, 5.41) is 6.54. The number of rotatable bonds is 6. The van der Waals surface area contributed by atoms with E-state index in [0.717, 1.165) is 22.7 Å². The number of anilines is 3. The Hall–Kier alpha value is -3.10. The van der Waals surface area contributed by atoms with E-state index < -0.39 is 10.0 Å². The van der Waals surface area contributed by atoms with Crippen LogP contribution in [0.25, 0.3) is 0 Å². The fourth-order valence-electron chi connectivity index (χ4n) is 2.55. The SMILES string of the molecule is COc1cccc(NC(=S)Nc2ccc(NS(=O)(=O)c3ccc(C)cc3)cc2)c1. The molecule has 0 aliphatic rings. The lowest BCUT2D eigenvalue weighted by Gasteiger charge is -2.12. The third-order valence-electron chi connectivity index (χ3n) is 4.05. The lowest BCUT2D eigenvalue weighted by Crippen LogP contribution is -2.19. The minimum atomic E-state index is -3.63. The van der Waals surface area contributed by atoms with Crippen LogP contribution in [0.5, 0.6) is 5.75 Å². The molecule has 3 aromatic rings. The van der Waals surface area contributed by atoms with Crippen LogP contribution in [0.1, 0.15) is 5.56 Å². The van der Waals surface area contributed by atoms with E-state index in [-0.39, 0.29) is 4.90 Å². The van der Waals surface area contributed by atoms with E-state index in [2.05, 4.69) is 15.4 Å². The van der Waals surface area contributed by atoms with Gasteiger partial charge in [-0.3, -0.25) is 4.72 Å². The fourth-order valence-corrected chi connectivity index (χ4v) is 3.84. The Morgan fingerprint density at radius 3 is 2.14 bits per heavy atom. The topological polar surface area (TPSA) is 79.5 Å². The first-order valence-electron chi connectivity index (χ1n) is 8.77. The zero-order valence-electron chi connectivity index (χ0n) is 16.0. The number of thiocarbonyl (C=S) groups is 1. The van der Waals surface area contributed by atoms with Gasteiger partial charge in [-0.2, -0.15) is 0 Å². The Morgan fingerprint density at radius 2 is 1.48 bits per heavy atom. The van der Waals surface area contributed by atoms with E-state index in [4.69, 9.17) is 17.0 Å². The molecule has 0 bridgehead atoms. The molecule has 0 radical (unpaired) electrons. The highest BCUT2D eigenvalue weighted by atomic mass is 32.2. The number of sulfonamides is 1. The largest absolute Gasteiger partial charge is 0.497 e. The molecule has 3 aromatic carbocycles. The lowest BCUT2D eigenvalue weighted by atomic mass is 10.2. The van der Waals surface area contributed by atoms with Gasteiger partial charge in [-0.25, -0.2) is 8.42 Å². The Balaban J connectivity index is 1.62. The van der Waals surface area contributed by atoms with Gasteiger partial charge in [-0.05, 0) is 67.7 Å². The number of hydrogen-bond donors (Lipinski definition) is 3. The van der Waals surface area contributed by atoms with E-state index in [1.807, 2.05) is 31.2 Å². The van der Waals surface area contributed by atoms with Crippen LogP contribution in [0.2, 0.25) is 0 Å². The van der Waals surface area contributed by atoms with Crippen LogP contribution in [0.3, 0.4) is 0 Å². The Kier molecular flexibility index (Phi) is 6.36. The summed E-state index contributed by atoms with van der Waals surface area (Å²) in [6.07, 6.45) is 0. The molecule has 0 spiro atoms. The van der Waals surface area contributed by atoms with Crippen LogP contribution in [-0.4, -0.2) is 20.6 Å². The number of benzene rings is 3. The van der Waals surface area contributed by atoms with Gasteiger partial charge in [0.1, 0.15) is 5.75 Å². The predicted octanol–water partition coefficient (Wildman–Crippen LogP) is 4.61. The van der Waals surface area contributed by atoms with Gasteiger partial charge in [0.15, 0.2) is 5.11 Å².